The number of aromatic nitrogens is 2. The van der Waals surface area contributed by atoms with E-state index in [0.717, 1.165) is 30.4 Å². The van der Waals surface area contributed by atoms with Crippen LogP contribution in [0.2, 0.25) is 0 Å². The maximum atomic E-state index is 13.9. The number of nitrogens with zero attached hydrogens (tertiary/aromatic N) is 2. The fraction of sp³-hybridized carbons (Fsp3) is 0.500. The Balaban J connectivity index is 1.53. The number of halogens is 2. The Kier molecular flexibility index (Phi) is 4.85. The van der Waals surface area contributed by atoms with Crippen LogP contribution in [0.15, 0.2) is 23.0 Å². The van der Waals surface area contributed by atoms with Crippen LogP contribution < -0.4 is 5.56 Å². The van der Waals surface area contributed by atoms with Crippen molar-refractivity contribution >= 4 is 0 Å². The first kappa shape index (κ1) is 17.3. The molecule has 2 aromatic rings. The van der Waals surface area contributed by atoms with Gasteiger partial charge in [-0.25, -0.2) is 13.8 Å². The number of nitrogens with one attached hydrogen (secondary N) is 1. The Labute approximate surface area is 151 Å². The number of hydrogen-bond acceptors (Lipinski definition) is 3. The molecule has 1 fully saturated rings. The van der Waals surface area contributed by atoms with Crippen LogP contribution in [0.4, 0.5) is 8.78 Å². The van der Waals surface area contributed by atoms with Crippen molar-refractivity contribution in [3.63, 3.8) is 0 Å². The van der Waals surface area contributed by atoms with Crippen LogP contribution in [0.1, 0.15) is 60.7 Å². The molecule has 0 spiro atoms. The molecule has 0 atom stereocenters. The lowest BCUT2D eigenvalue weighted by atomic mass is 9.88. The van der Waals surface area contributed by atoms with Gasteiger partial charge in [0.15, 0.2) is 11.6 Å². The van der Waals surface area contributed by atoms with Gasteiger partial charge in [0.2, 0.25) is 0 Å². The van der Waals surface area contributed by atoms with Crippen molar-refractivity contribution in [2.75, 3.05) is 6.54 Å². The molecule has 138 valence electrons. The highest BCUT2D eigenvalue weighted by molar-refractivity contribution is 5.24. The normalized spacial score (nSPS) is 18.7. The van der Waals surface area contributed by atoms with Crippen molar-refractivity contribution < 1.29 is 8.78 Å². The molecule has 1 aromatic heterocycles. The zero-order chi connectivity index (χ0) is 18.1. The van der Waals surface area contributed by atoms with Crippen molar-refractivity contribution in [1.82, 2.24) is 14.9 Å². The second kappa shape index (κ2) is 7.27. The van der Waals surface area contributed by atoms with E-state index in [-0.39, 0.29) is 12.1 Å². The molecule has 1 aliphatic carbocycles. The lowest BCUT2D eigenvalue weighted by Crippen LogP contribution is -2.36. The number of H-pyrrole nitrogens is 1. The fourth-order valence-corrected chi connectivity index (χ4v) is 4.12. The second-order valence-electron chi connectivity index (χ2n) is 7.38. The molecule has 0 radical (unpaired) electrons. The molecule has 2 heterocycles. The highest BCUT2D eigenvalue weighted by Crippen LogP contribution is 2.31. The van der Waals surface area contributed by atoms with Crippen LogP contribution in [0.3, 0.4) is 0 Å². The van der Waals surface area contributed by atoms with Crippen molar-refractivity contribution in [2.24, 2.45) is 0 Å². The number of rotatable bonds is 3. The molecule has 0 saturated heterocycles. The van der Waals surface area contributed by atoms with Crippen LogP contribution in [0.5, 0.6) is 0 Å². The smallest absolute Gasteiger partial charge is 0.255 e. The Morgan fingerprint density at radius 2 is 2.00 bits per heavy atom. The van der Waals surface area contributed by atoms with E-state index in [1.165, 1.54) is 25.3 Å². The standard InChI is InChI=1S/C20H23F2N3O/c21-16-8-4-7-14(18(16)22)11-25-10-9-17-15(12-25)20(26)24-19(23-17)13-5-2-1-3-6-13/h4,7-8,13H,1-3,5-6,9-12H2,(H,23,24,26). The summed E-state index contributed by atoms with van der Waals surface area (Å²) in [4.78, 5) is 22.3. The Bertz CT molecular complexity index is 859. The average Bonchev–Trinajstić information content (AvgIpc) is 2.66. The third-order valence-corrected chi connectivity index (χ3v) is 5.58. The van der Waals surface area contributed by atoms with E-state index in [1.54, 1.807) is 6.07 Å². The average molecular weight is 359 g/mol. The van der Waals surface area contributed by atoms with E-state index in [4.69, 9.17) is 4.98 Å². The topological polar surface area (TPSA) is 49.0 Å². The number of aromatic amines is 1. The number of hydrogen-bond donors (Lipinski definition) is 1. The summed E-state index contributed by atoms with van der Waals surface area (Å²) < 4.78 is 27.3. The molecule has 1 saturated carbocycles. The first-order valence-electron chi connectivity index (χ1n) is 9.39. The minimum atomic E-state index is -0.837. The molecule has 6 heteroatoms. The molecule has 4 rings (SSSR count). The van der Waals surface area contributed by atoms with Gasteiger partial charge in [0, 0.05) is 37.5 Å². The number of benzene rings is 1. The highest BCUT2D eigenvalue weighted by Gasteiger charge is 2.25. The van der Waals surface area contributed by atoms with Gasteiger partial charge in [-0.2, -0.15) is 0 Å². The van der Waals surface area contributed by atoms with Gasteiger partial charge in [0.05, 0.1) is 11.3 Å². The minimum Gasteiger partial charge on any atom is -0.310 e. The predicted octanol–water partition coefficient (Wildman–Crippen LogP) is 3.65. The highest BCUT2D eigenvalue weighted by atomic mass is 19.2. The third-order valence-electron chi connectivity index (χ3n) is 5.58. The zero-order valence-corrected chi connectivity index (χ0v) is 14.7. The SMILES string of the molecule is O=c1[nH]c(C2CCCCC2)nc2c1CN(Cc1cccc(F)c1F)CC2. The summed E-state index contributed by atoms with van der Waals surface area (Å²) in [5.41, 5.74) is 1.76. The largest absolute Gasteiger partial charge is 0.310 e. The second-order valence-corrected chi connectivity index (χ2v) is 7.38. The van der Waals surface area contributed by atoms with Crippen molar-refractivity contribution in [3.8, 4) is 0 Å². The summed E-state index contributed by atoms with van der Waals surface area (Å²) in [5.74, 6) is -0.450. The van der Waals surface area contributed by atoms with Gasteiger partial charge in [-0.1, -0.05) is 31.4 Å². The van der Waals surface area contributed by atoms with E-state index in [1.807, 2.05) is 4.90 Å². The maximum absolute atomic E-state index is 13.9. The summed E-state index contributed by atoms with van der Waals surface area (Å²) in [6.45, 7) is 1.38. The summed E-state index contributed by atoms with van der Waals surface area (Å²) in [5, 5.41) is 0. The van der Waals surface area contributed by atoms with E-state index in [9.17, 15) is 13.6 Å². The Morgan fingerprint density at radius 1 is 1.19 bits per heavy atom. The first-order valence-corrected chi connectivity index (χ1v) is 9.39. The molecule has 26 heavy (non-hydrogen) atoms. The lowest BCUT2D eigenvalue weighted by molar-refractivity contribution is 0.236. The van der Waals surface area contributed by atoms with Gasteiger partial charge >= 0.3 is 0 Å². The van der Waals surface area contributed by atoms with Crippen molar-refractivity contribution in [3.05, 3.63) is 62.8 Å². The molecule has 0 bridgehead atoms. The molecule has 0 unspecified atom stereocenters. The molecule has 0 amide bonds. The molecule has 2 aliphatic rings. The summed E-state index contributed by atoms with van der Waals surface area (Å²) >= 11 is 0. The monoisotopic (exact) mass is 359 g/mol. The zero-order valence-electron chi connectivity index (χ0n) is 14.7. The van der Waals surface area contributed by atoms with E-state index in [0.29, 0.717) is 36.6 Å². The van der Waals surface area contributed by atoms with Crippen LogP contribution in [-0.2, 0) is 19.5 Å². The molecular formula is C20H23F2N3O. The molecule has 1 aliphatic heterocycles. The Hall–Kier alpha value is -2.08. The van der Waals surface area contributed by atoms with Crippen LogP contribution in [0, 0.1) is 11.6 Å². The summed E-state index contributed by atoms with van der Waals surface area (Å²) in [6, 6.07) is 4.21. The van der Waals surface area contributed by atoms with Crippen molar-refractivity contribution in [2.45, 2.75) is 57.5 Å². The van der Waals surface area contributed by atoms with Crippen LogP contribution in [-0.4, -0.2) is 21.4 Å². The summed E-state index contributed by atoms with van der Waals surface area (Å²) in [6.07, 6.45) is 6.49. The van der Waals surface area contributed by atoms with Crippen LogP contribution in [0.25, 0.3) is 0 Å². The van der Waals surface area contributed by atoms with Crippen LogP contribution >= 0.6 is 0 Å². The summed E-state index contributed by atoms with van der Waals surface area (Å²) in [7, 11) is 0. The minimum absolute atomic E-state index is 0.0833. The van der Waals surface area contributed by atoms with E-state index < -0.39 is 11.6 Å². The fourth-order valence-electron chi connectivity index (χ4n) is 4.12. The van der Waals surface area contributed by atoms with Gasteiger partial charge in [-0.3, -0.25) is 9.69 Å². The quantitative estimate of drug-likeness (QED) is 0.910. The maximum Gasteiger partial charge on any atom is 0.255 e. The third kappa shape index (κ3) is 3.43. The Morgan fingerprint density at radius 3 is 2.81 bits per heavy atom. The molecule has 1 aromatic carbocycles. The van der Waals surface area contributed by atoms with Gasteiger partial charge in [-0.15, -0.1) is 0 Å². The predicted molar refractivity (Wildman–Crippen MR) is 94.9 cm³/mol. The van der Waals surface area contributed by atoms with E-state index in [2.05, 4.69) is 4.98 Å². The van der Waals surface area contributed by atoms with Gasteiger partial charge < -0.3 is 4.98 Å². The molecular weight excluding hydrogens is 336 g/mol. The number of fused-ring (bicyclic) bond motifs is 1. The first-order chi connectivity index (χ1) is 12.6. The van der Waals surface area contributed by atoms with Gasteiger partial charge in [0.1, 0.15) is 5.82 Å². The van der Waals surface area contributed by atoms with Gasteiger partial charge in [0.25, 0.3) is 5.56 Å². The molecule has 1 N–H and O–H groups in total. The van der Waals surface area contributed by atoms with E-state index >= 15 is 0 Å². The van der Waals surface area contributed by atoms with Crippen molar-refractivity contribution in [1.29, 1.82) is 0 Å². The van der Waals surface area contributed by atoms with Gasteiger partial charge in [-0.05, 0) is 18.9 Å². The lowest BCUT2D eigenvalue weighted by Gasteiger charge is -2.29. The molecule has 4 nitrogen and oxygen atoms in total.